The predicted molar refractivity (Wildman–Crippen MR) is 52.7 cm³/mol. The summed E-state index contributed by atoms with van der Waals surface area (Å²) in [7, 11) is 0. The van der Waals surface area contributed by atoms with Crippen molar-refractivity contribution in [1.29, 1.82) is 0 Å². The fraction of sp³-hybridized carbons (Fsp3) is 0.444. The highest BCUT2D eigenvalue weighted by atomic mass is 32.2. The monoisotopic (exact) mass is 183 g/mol. The highest BCUT2D eigenvalue weighted by Gasteiger charge is 2.04. The number of rotatable bonds is 2. The third-order valence-corrected chi connectivity index (χ3v) is 2.50. The van der Waals surface area contributed by atoms with Crippen LogP contribution in [0, 0.1) is 0 Å². The summed E-state index contributed by atoms with van der Waals surface area (Å²) in [6, 6.07) is 0. The molecule has 1 rings (SSSR count). The third-order valence-electron chi connectivity index (χ3n) is 1.65. The fourth-order valence-corrected chi connectivity index (χ4v) is 1.69. The van der Waals surface area contributed by atoms with Crippen LogP contribution in [-0.4, -0.2) is 12.2 Å². The molecule has 1 amide bonds. The molecule has 0 aromatic carbocycles. The van der Waals surface area contributed by atoms with Gasteiger partial charge in [-0.3, -0.25) is 4.79 Å². The van der Waals surface area contributed by atoms with Gasteiger partial charge in [-0.15, -0.1) is 11.8 Å². The molecule has 0 aliphatic heterocycles. The van der Waals surface area contributed by atoms with E-state index in [0.717, 1.165) is 18.5 Å². The minimum Gasteiger partial charge on any atom is -0.327 e. The first-order valence-electron chi connectivity index (χ1n) is 3.94. The van der Waals surface area contributed by atoms with Gasteiger partial charge in [0.25, 0.3) is 0 Å². The maximum Gasteiger partial charge on any atom is 0.221 e. The van der Waals surface area contributed by atoms with E-state index < -0.39 is 0 Å². The van der Waals surface area contributed by atoms with Crippen LogP contribution in [0.1, 0.15) is 19.8 Å². The summed E-state index contributed by atoms with van der Waals surface area (Å²) in [5, 5.41) is 2.78. The zero-order chi connectivity index (χ0) is 8.97. The lowest BCUT2D eigenvalue weighted by Crippen LogP contribution is -2.18. The zero-order valence-corrected chi connectivity index (χ0v) is 8.20. The van der Waals surface area contributed by atoms with Crippen molar-refractivity contribution in [2.45, 2.75) is 19.8 Å². The van der Waals surface area contributed by atoms with Crippen molar-refractivity contribution in [3.05, 3.63) is 22.8 Å². The lowest BCUT2D eigenvalue weighted by molar-refractivity contribution is -0.118. The van der Waals surface area contributed by atoms with E-state index in [-0.39, 0.29) is 5.91 Å². The molecule has 0 aromatic rings. The molecule has 1 aliphatic carbocycles. The lowest BCUT2D eigenvalue weighted by atomic mass is 10.1. The molecule has 0 radical (unpaired) electrons. The van der Waals surface area contributed by atoms with Gasteiger partial charge in [-0.1, -0.05) is 6.08 Å². The number of carbonyl (C=O) groups excluding carboxylic acids is 1. The molecule has 0 heterocycles. The summed E-state index contributed by atoms with van der Waals surface area (Å²) in [6.07, 6.45) is 8.28. The second kappa shape index (κ2) is 4.36. The molecule has 0 bridgehead atoms. The van der Waals surface area contributed by atoms with E-state index in [1.54, 1.807) is 11.8 Å². The van der Waals surface area contributed by atoms with Crippen molar-refractivity contribution in [2.75, 3.05) is 6.26 Å². The van der Waals surface area contributed by atoms with Gasteiger partial charge in [0.2, 0.25) is 5.91 Å². The quantitative estimate of drug-likeness (QED) is 0.710. The Bertz CT molecular complexity index is 243. The molecule has 0 saturated heterocycles. The highest BCUT2D eigenvalue weighted by molar-refractivity contribution is 8.02. The highest BCUT2D eigenvalue weighted by Crippen LogP contribution is 2.23. The van der Waals surface area contributed by atoms with E-state index >= 15 is 0 Å². The summed E-state index contributed by atoms with van der Waals surface area (Å²) in [4.78, 5) is 12.1. The Hall–Kier alpha value is -0.700. The molecule has 0 atom stereocenters. The summed E-state index contributed by atoms with van der Waals surface area (Å²) in [5.74, 6) is -0.000136. The van der Waals surface area contributed by atoms with E-state index in [1.807, 2.05) is 6.08 Å². The molecule has 12 heavy (non-hydrogen) atoms. The molecule has 0 aromatic heterocycles. The van der Waals surface area contributed by atoms with Gasteiger partial charge in [0.05, 0.1) is 0 Å². The predicted octanol–water partition coefficient (Wildman–Crippen LogP) is 2.05. The Kier molecular flexibility index (Phi) is 3.41. The Morgan fingerprint density at radius 3 is 3.00 bits per heavy atom. The van der Waals surface area contributed by atoms with Gasteiger partial charge in [-0.2, -0.15) is 0 Å². The van der Waals surface area contributed by atoms with Crippen LogP contribution in [-0.2, 0) is 4.79 Å². The van der Waals surface area contributed by atoms with Crippen molar-refractivity contribution in [2.24, 2.45) is 0 Å². The average molecular weight is 183 g/mol. The second-order valence-corrected chi connectivity index (χ2v) is 3.63. The maximum atomic E-state index is 10.7. The molecule has 66 valence electrons. The van der Waals surface area contributed by atoms with Gasteiger partial charge < -0.3 is 5.32 Å². The van der Waals surface area contributed by atoms with Gasteiger partial charge in [0.1, 0.15) is 0 Å². The molecule has 1 N–H and O–H groups in total. The lowest BCUT2D eigenvalue weighted by Gasteiger charge is -2.11. The fourth-order valence-electron chi connectivity index (χ4n) is 1.13. The smallest absolute Gasteiger partial charge is 0.221 e. The third kappa shape index (κ3) is 2.74. The number of carbonyl (C=O) groups is 1. The van der Waals surface area contributed by atoms with Gasteiger partial charge >= 0.3 is 0 Å². The van der Waals surface area contributed by atoms with Crippen LogP contribution < -0.4 is 5.32 Å². The molecule has 1 aliphatic rings. The standard InChI is InChI=1S/C9H13NOS/c1-7(11)10-8-4-3-5-9(6-8)12-2/h4,6H,3,5H2,1-2H3,(H,10,11). The number of hydrogen-bond acceptors (Lipinski definition) is 2. The van der Waals surface area contributed by atoms with Crippen LogP contribution in [0.3, 0.4) is 0 Å². The molecular formula is C9H13NOS. The molecule has 2 nitrogen and oxygen atoms in total. The largest absolute Gasteiger partial charge is 0.327 e. The SMILES string of the molecule is CSC1=CC(NC(C)=O)=CCC1. The minimum absolute atomic E-state index is 0.000136. The van der Waals surface area contributed by atoms with Crippen molar-refractivity contribution in [3.8, 4) is 0 Å². The van der Waals surface area contributed by atoms with Gasteiger partial charge in [-0.05, 0) is 30.1 Å². The normalized spacial score (nSPS) is 16.5. The summed E-state index contributed by atoms with van der Waals surface area (Å²) in [5.41, 5.74) is 0.943. The van der Waals surface area contributed by atoms with Crippen LogP contribution in [0.2, 0.25) is 0 Å². The first-order valence-corrected chi connectivity index (χ1v) is 5.17. The molecule has 3 heteroatoms. The van der Waals surface area contributed by atoms with E-state index in [9.17, 15) is 4.79 Å². The number of hydrogen-bond donors (Lipinski definition) is 1. The van der Waals surface area contributed by atoms with E-state index in [4.69, 9.17) is 0 Å². The van der Waals surface area contributed by atoms with Crippen molar-refractivity contribution >= 4 is 17.7 Å². The first kappa shape index (κ1) is 9.39. The Balaban J connectivity index is 2.60. The van der Waals surface area contributed by atoms with Crippen molar-refractivity contribution in [1.82, 2.24) is 5.32 Å². The van der Waals surface area contributed by atoms with Crippen LogP contribution in [0.4, 0.5) is 0 Å². The Morgan fingerprint density at radius 1 is 1.67 bits per heavy atom. The van der Waals surface area contributed by atoms with Crippen LogP contribution >= 0.6 is 11.8 Å². The molecule has 0 spiro atoms. The first-order chi connectivity index (χ1) is 5.72. The van der Waals surface area contributed by atoms with Crippen molar-refractivity contribution < 1.29 is 4.79 Å². The molecule has 0 unspecified atom stereocenters. The molecule has 0 saturated carbocycles. The van der Waals surface area contributed by atoms with Crippen LogP contribution in [0.15, 0.2) is 22.8 Å². The molecule has 0 fully saturated rings. The maximum absolute atomic E-state index is 10.7. The topological polar surface area (TPSA) is 29.1 Å². The summed E-state index contributed by atoms with van der Waals surface area (Å²) >= 11 is 1.75. The summed E-state index contributed by atoms with van der Waals surface area (Å²) in [6.45, 7) is 1.53. The number of amides is 1. The van der Waals surface area contributed by atoms with Gasteiger partial charge in [0, 0.05) is 12.6 Å². The van der Waals surface area contributed by atoms with E-state index in [1.165, 1.54) is 11.8 Å². The van der Waals surface area contributed by atoms with Gasteiger partial charge in [0.15, 0.2) is 0 Å². The van der Waals surface area contributed by atoms with Gasteiger partial charge in [-0.25, -0.2) is 0 Å². The molecular weight excluding hydrogens is 170 g/mol. The van der Waals surface area contributed by atoms with E-state index in [0.29, 0.717) is 0 Å². The van der Waals surface area contributed by atoms with Crippen LogP contribution in [0.25, 0.3) is 0 Å². The number of allylic oxidation sites excluding steroid dienone is 3. The zero-order valence-electron chi connectivity index (χ0n) is 7.39. The van der Waals surface area contributed by atoms with E-state index in [2.05, 4.69) is 17.6 Å². The Morgan fingerprint density at radius 2 is 2.42 bits per heavy atom. The number of thioether (sulfide) groups is 1. The minimum atomic E-state index is -0.000136. The number of nitrogens with one attached hydrogen (secondary N) is 1. The second-order valence-electron chi connectivity index (χ2n) is 2.69. The summed E-state index contributed by atoms with van der Waals surface area (Å²) < 4.78 is 0. The average Bonchev–Trinajstić information content (AvgIpc) is 2.03. The van der Waals surface area contributed by atoms with Crippen molar-refractivity contribution in [3.63, 3.8) is 0 Å². The Labute approximate surface area is 77.1 Å². The van der Waals surface area contributed by atoms with Crippen LogP contribution in [0.5, 0.6) is 0 Å².